The molecule has 0 radical (unpaired) electrons. The van der Waals surface area contributed by atoms with Gasteiger partial charge in [-0.25, -0.2) is 0 Å². The lowest BCUT2D eigenvalue weighted by molar-refractivity contribution is 0.614. The van der Waals surface area contributed by atoms with Crippen molar-refractivity contribution in [1.29, 1.82) is 0 Å². The van der Waals surface area contributed by atoms with E-state index in [1.807, 2.05) is 0 Å². The van der Waals surface area contributed by atoms with Gasteiger partial charge < -0.3 is 5.32 Å². The number of nitrogens with one attached hydrogen (secondary N) is 1. The van der Waals surface area contributed by atoms with Crippen molar-refractivity contribution >= 4 is 0 Å². The quantitative estimate of drug-likeness (QED) is 0.578. The van der Waals surface area contributed by atoms with E-state index in [2.05, 4.69) is 30.5 Å². The highest BCUT2D eigenvalue weighted by molar-refractivity contribution is 5.26. The van der Waals surface area contributed by atoms with E-state index in [0.717, 1.165) is 6.54 Å². The van der Waals surface area contributed by atoms with Crippen LogP contribution in [0.5, 0.6) is 0 Å². The molecule has 1 heterocycles. The monoisotopic (exact) mass is 135 g/mol. The van der Waals surface area contributed by atoms with Gasteiger partial charge in [-0.2, -0.15) is 0 Å². The molecule has 2 rings (SSSR count). The number of allylic oxidation sites excluding steroid dienone is 3. The van der Waals surface area contributed by atoms with Gasteiger partial charge in [0.1, 0.15) is 0 Å². The summed E-state index contributed by atoms with van der Waals surface area (Å²) in [5.41, 5.74) is 1.96. The van der Waals surface area contributed by atoms with Crippen molar-refractivity contribution in [3.8, 4) is 0 Å². The highest BCUT2D eigenvalue weighted by Crippen LogP contribution is 2.50. The second-order valence-corrected chi connectivity index (χ2v) is 3.45. The summed E-state index contributed by atoms with van der Waals surface area (Å²) < 4.78 is 0. The highest BCUT2D eigenvalue weighted by atomic mass is 14.9. The fraction of sp³-hybridized carbons (Fsp3) is 0.556. The molecule has 0 saturated heterocycles. The summed E-state index contributed by atoms with van der Waals surface area (Å²) in [6.45, 7) is 3.34. The maximum absolute atomic E-state index is 3.40. The first-order valence-corrected chi connectivity index (χ1v) is 3.92. The third-order valence-corrected chi connectivity index (χ3v) is 2.46. The van der Waals surface area contributed by atoms with Gasteiger partial charge >= 0.3 is 0 Å². The highest BCUT2D eigenvalue weighted by Gasteiger charge is 2.40. The Morgan fingerprint density at radius 2 is 2.30 bits per heavy atom. The van der Waals surface area contributed by atoms with Gasteiger partial charge in [-0.3, -0.25) is 0 Å². The van der Waals surface area contributed by atoms with Crippen LogP contribution in [0.15, 0.2) is 23.9 Å². The Labute approximate surface area is 61.8 Å². The molecule has 10 heavy (non-hydrogen) atoms. The van der Waals surface area contributed by atoms with Crippen LogP contribution in [-0.4, -0.2) is 6.54 Å². The van der Waals surface area contributed by atoms with E-state index in [9.17, 15) is 0 Å². The van der Waals surface area contributed by atoms with Gasteiger partial charge in [-0.15, -0.1) is 0 Å². The Kier molecular flexibility index (Phi) is 1.13. The first-order valence-electron chi connectivity index (χ1n) is 3.92. The van der Waals surface area contributed by atoms with E-state index in [-0.39, 0.29) is 0 Å². The zero-order valence-corrected chi connectivity index (χ0v) is 6.35. The molecule has 0 aromatic rings. The Morgan fingerprint density at radius 1 is 1.50 bits per heavy atom. The van der Waals surface area contributed by atoms with Crippen LogP contribution < -0.4 is 5.32 Å². The lowest BCUT2D eigenvalue weighted by atomic mass is 10.0. The summed E-state index contributed by atoms with van der Waals surface area (Å²) in [6.07, 6.45) is 9.22. The van der Waals surface area contributed by atoms with Gasteiger partial charge in [0.15, 0.2) is 0 Å². The van der Waals surface area contributed by atoms with Crippen LogP contribution in [0, 0.1) is 5.41 Å². The van der Waals surface area contributed by atoms with Crippen molar-refractivity contribution in [3.05, 3.63) is 23.9 Å². The van der Waals surface area contributed by atoms with E-state index >= 15 is 0 Å². The molecule has 0 atom stereocenters. The van der Waals surface area contributed by atoms with Crippen molar-refractivity contribution < 1.29 is 0 Å². The largest absolute Gasteiger partial charge is 0.384 e. The first-order chi connectivity index (χ1) is 4.81. The van der Waals surface area contributed by atoms with E-state index < -0.39 is 0 Å². The number of dihydropyridines is 1. The summed E-state index contributed by atoms with van der Waals surface area (Å²) in [5.74, 6) is 0. The van der Waals surface area contributed by atoms with Gasteiger partial charge in [0.2, 0.25) is 0 Å². The van der Waals surface area contributed by atoms with Crippen LogP contribution in [0.4, 0.5) is 0 Å². The lowest BCUT2D eigenvalue weighted by Crippen LogP contribution is -2.21. The van der Waals surface area contributed by atoms with Crippen LogP contribution in [0.3, 0.4) is 0 Å². The van der Waals surface area contributed by atoms with Crippen LogP contribution in [0.25, 0.3) is 0 Å². The summed E-state index contributed by atoms with van der Waals surface area (Å²) >= 11 is 0. The molecule has 54 valence electrons. The number of hydrogen-bond acceptors (Lipinski definition) is 1. The van der Waals surface area contributed by atoms with Gasteiger partial charge in [0.05, 0.1) is 0 Å². The smallest absolute Gasteiger partial charge is 0.0331 e. The zero-order chi connectivity index (χ0) is 7.03. The summed E-state index contributed by atoms with van der Waals surface area (Å²) in [4.78, 5) is 0. The average Bonchev–Trinajstić information content (AvgIpc) is 2.72. The van der Waals surface area contributed by atoms with Crippen LogP contribution in [0.1, 0.15) is 19.8 Å². The molecular weight excluding hydrogens is 122 g/mol. The minimum Gasteiger partial charge on any atom is -0.384 e. The minimum absolute atomic E-state index is 0.519. The van der Waals surface area contributed by atoms with E-state index in [1.165, 1.54) is 18.5 Å². The van der Waals surface area contributed by atoms with Gasteiger partial charge in [0, 0.05) is 17.7 Å². The standard InChI is InChI=1S/C9H13N/c1-9(5-6-9)8-4-2-3-7-10-8/h2-4,10H,5-7H2,1H3. The molecule has 2 aliphatic rings. The minimum atomic E-state index is 0.519. The Bertz CT molecular complexity index is 197. The molecule has 1 heteroatoms. The maximum atomic E-state index is 3.40. The van der Waals surface area contributed by atoms with Crippen molar-refractivity contribution in [2.75, 3.05) is 6.54 Å². The third-order valence-electron chi connectivity index (χ3n) is 2.46. The molecule has 0 aromatic heterocycles. The van der Waals surface area contributed by atoms with Gasteiger partial charge in [-0.1, -0.05) is 19.1 Å². The van der Waals surface area contributed by atoms with E-state index in [4.69, 9.17) is 0 Å². The molecule has 1 fully saturated rings. The maximum Gasteiger partial charge on any atom is 0.0331 e. The molecule has 1 nitrogen and oxygen atoms in total. The predicted octanol–water partition coefficient (Wildman–Crippen LogP) is 1.83. The van der Waals surface area contributed by atoms with Crippen molar-refractivity contribution in [3.63, 3.8) is 0 Å². The summed E-state index contributed by atoms with van der Waals surface area (Å²) in [7, 11) is 0. The Hall–Kier alpha value is -0.720. The first kappa shape index (κ1) is 6.02. The van der Waals surface area contributed by atoms with Crippen molar-refractivity contribution in [2.24, 2.45) is 5.41 Å². The Balaban J connectivity index is 2.16. The van der Waals surface area contributed by atoms with Crippen molar-refractivity contribution in [2.45, 2.75) is 19.8 Å². The number of hydrogen-bond donors (Lipinski definition) is 1. The van der Waals surface area contributed by atoms with E-state index in [0.29, 0.717) is 5.41 Å². The fourth-order valence-corrected chi connectivity index (χ4v) is 1.33. The summed E-state index contributed by atoms with van der Waals surface area (Å²) in [5, 5.41) is 3.40. The average molecular weight is 135 g/mol. The normalized spacial score (nSPS) is 27.1. The third kappa shape index (κ3) is 0.859. The molecule has 0 amide bonds. The zero-order valence-electron chi connectivity index (χ0n) is 6.35. The van der Waals surface area contributed by atoms with Crippen LogP contribution in [-0.2, 0) is 0 Å². The van der Waals surface area contributed by atoms with Crippen molar-refractivity contribution in [1.82, 2.24) is 5.32 Å². The summed E-state index contributed by atoms with van der Waals surface area (Å²) in [6, 6.07) is 0. The molecular formula is C9H13N. The fourth-order valence-electron chi connectivity index (χ4n) is 1.33. The SMILES string of the molecule is CC1(C2=CC=CCN2)CC1. The van der Waals surface area contributed by atoms with Crippen LogP contribution >= 0.6 is 0 Å². The molecule has 0 unspecified atom stereocenters. The number of rotatable bonds is 1. The molecule has 0 aromatic carbocycles. The topological polar surface area (TPSA) is 12.0 Å². The van der Waals surface area contributed by atoms with Crippen LogP contribution in [0.2, 0.25) is 0 Å². The van der Waals surface area contributed by atoms with Gasteiger partial charge in [0.25, 0.3) is 0 Å². The molecule has 0 bridgehead atoms. The molecule has 1 N–H and O–H groups in total. The lowest BCUT2D eigenvalue weighted by Gasteiger charge is -2.17. The molecule has 0 spiro atoms. The predicted molar refractivity (Wildman–Crippen MR) is 42.6 cm³/mol. The second kappa shape index (κ2) is 1.88. The van der Waals surface area contributed by atoms with E-state index in [1.54, 1.807) is 0 Å². The second-order valence-electron chi connectivity index (χ2n) is 3.45. The van der Waals surface area contributed by atoms with Gasteiger partial charge in [-0.05, 0) is 18.9 Å². The Morgan fingerprint density at radius 3 is 2.80 bits per heavy atom. The molecule has 1 saturated carbocycles. The molecule has 1 aliphatic heterocycles. The molecule has 1 aliphatic carbocycles.